The van der Waals surface area contributed by atoms with Crippen LogP contribution in [-0.2, 0) is 9.84 Å². The number of nitrogens with zero attached hydrogens (tertiary/aromatic N) is 6. The predicted molar refractivity (Wildman–Crippen MR) is 145 cm³/mol. The van der Waals surface area contributed by atoms with Crippen LogP contribution >= 0.6 is 0 Å². The van der Waals surface area contributed by atoms with Gasteiger partial charge in [-0.25, -0.2) is 22.8 Å². The number of rotatable bonds is 4. The van der Waals surface area contributed by atoms with Crippen LogP contribution in [0.1, 0.15) is 47.9 Å². The van der Waals surface area contributed by atoms with Crippen molar-refractivity contribution in [3.63, 3.8) is 0 Å². The smallest absolute Gasteiger partial charge is 0.291 e. The monoisotopic (exact) mass is 560 g/mol. The van der Waals surface area contributed by atoms with Crippen LogP contribution < -0.4 is 5.73 Å². The molecule has 2 aliphatic rings. The molecule has 11 nitrogen and oxygen atoms in total. The molecule has 40 heavy (non-hydrogen) atoms. The van der Waals surface area contributed by atoms with E-state index in [0.717, 1.165) is 35.4 Å². The molecule has 0 spiro atoms. The van der Waals surface area contributed by atoms with Crippen molar-refractivity contribution in [2.45, 2.75) is 48.6 Å². The summed E-state index contributed by atoms with van der Waals surface area (Å²) >= 11 is 0. The van der Waals surface area contributed by atoms with Crippen LogP contribution in [-0.4, -0.2) is 67.3 Å². The first-order valence-electron chi connectivity index (χ1n) is 12.9. The Bertz CT molecular complexity index is 1910. The first kappa shape index (κ1) is 24.6. The van der Waals surface area contributed by atoms with Crippen molar-refractivity contribution < 1.29 is 17.6 Å². The maximum atomic E-state index is 13.9. The summed E-state index contributed by atoms with van der Waals surface area (Å²) in [5.41, 5.74) is 8.71. The molecular formula is C27H25FN8O3S. The minimum absolute atomic E-state index is 0.00639. The van der Waals surface area contributed by atoms with Gasteiger partial charge < -0.3 is 10.6 Å². The number of nitrogens with one attached hydrogen (secondary N) is 1. The zero-order valence-corrected chi connectivity index (χ0v) is 22.3. The topological polar surface area (TPSA) is 152 Å². The highest BCUT2D eigenvalue weighted by molar-refractivity contribution is 7.91. The van der Waals surface area contributed by atoms with Crippen molar-refractivity contribution in [1.82, 2.24) is 34.7 Å². The number of sulfone groups is 1. The number of H-pyrrole nitrogens is 1. The Kier molecular flexibility index (Phi) is 5.43. The number of nitrogens with two attached hydrogens (primary N) is 1. The lowest BCUT2D eigenvalue weighted by molar-refractivity contribution is 0.0556. The van der Waals surface area contributed by atoms with Crippen LogP contribution in [0.25, 0.3) is 27.5 Å². The summed E-state index contributed by atoms with van der Waals surface area (Å²) in [4.78, 5) is 23.9. The second-order valence-electron chi connectivity index (χ2n) is 10.6. The van der Waals surface area contributed by atoms with E-state index in [9.17, 15) is 17.6 Å². The van der Waals surface area contributed by atoms with Crippen LogP contribution in [0, 0.1) is 5.82 Å². The summed E-state index contributed by atoms with van der Waals surface area (Å²) in [7, 11) is -3.77. The van der Waals surface area contributed by atoms with E-state index in [4.69, 9.17) is 10.7 Å². The number of anilines is 1. The molecule has 7 rings (SSSR count). The Morgan fingerprint density at radius 1 is 1.10 bits per heavy atom. The fraction of sp³-hybridized carbons (Fsp3) is 0.296. The van der Waals surface area contributed by atoms with E-state index in [-0.39, 0.29) is 46.3 Å². The minimum Gasteiger partial charge on any atom is -0.382 e. The van der Waals surface area contributed by atoms with Gasteiger partial charge in [-0.05, 0) is 60.2 Å². The molecule has 1 amide bonds. The molecule has 2 fully saturated rings. The molecular weight excluding hydrogens is 535 g/mol. The normalized spacial score (nSPS) is 20.9. The van der Waals surface area contributed by atoms with Gasteiger partial charge in [-0.15, -0.1) is 0 Å². The second kappa shape index (κ2) is 8.81. The third kappa shape index (κ3) is 3.83. The number of carbonyl (C=O) groups is 1. The zero-order valence-electron chi connectivity index (χ0n) is 21.5. The number of carbonyl (C=O) groups excluding carboxylic acids is 1. The molecule has 0 saturated carbocycles. The number of fused-ring (bicyclic) bond motifs is 4. The molecule has 5 heterocycles. The first-order valence-corrected chi connectivity index (χ1v) is 14.8. The number of aromatic amines is 1. The SMILES string of the molecule is CS(=O)(=O)c1c(C2C[C@H]3CC[C@@H](C2)N3C(=O)c2ncn[nH]2)nc2c(-c3ccc4ccc(F)cc4c3)cnn2c1N. The zero-order chi connectivity index (χ0) is 27.8. The van der Waals surface area contributed by atoms with Gasteiger partial charge in [0.05, 0.1) is 11.9 Å². The molecule has 5 aromatic rings. The summed E-state index contributed by atoms with van der Waals surface area (Å²) in [5, 5.41) is 12.4. The van der Waals surface area contributed by atoms with Crippen molar-refractivity contribution in [1.29, 1.82) is 0 Å². The van der Waals surface area contributed by atoms with Crippen molar-refractivity contribution in [3.05, 3.63) is 66.3 Å². The van der Waals surface area contributed by atoms with E-state index >= 15 is 0 Å². The Morgan fingerprint density at radius 2 is 1.85 bits per heavy atom. The van der Waals surface area contributed by atoms with E-state index in [0.29, 0.717) is 29.7 Å². The fourth-order valence-electron chi connectivity index (χ4n) is 6.43. The maximum absolute atomic E-state index is 13.9. The van der Waals surface area contributed by atoms with Crippen LogP contribution in [0.5, 0.6) is 0 Å². The molecule has 2 bridgehead atoms. The van der Waals surface area contributed by atoms with Crippen molar-refractivity contribution >= 4 is 38.0 Å². The highest BCUT2D eigenvalue weighted by Gasteiger charge is 2.46. The third-order valence-electron chi connectivity index (χ3n) is 8.12. The molecule has 2 saturated heterocycles. The van der Waals surface area contributed by atoms with E-state index < -0.39 is 9.84 Å². The van der Waals surface area contributed by atoms with Crippen molar-refractivity contribution in [2.75, 3.05) is 12.0 Å². The number of hydrogen-bond donors (Lipinski definition) is 2. The highest BCUT2D eigenvalue weighted by Crippen LogP contribution is 2.45. The van der Waals surface area contributed by atoms with E-state index in [1.165, 1.54) is 23.0 Å². The van der Waals surface area contributed by atoms with Gasteiger partial charge in [-0.3, -0.25) is 9.89 Å². The van der Waals surface area contributed by atoms with Crippen LogP contribution in [0.4, 0.5) is 10.2 Å². The standard InChI is InChI=1S/C27H25FN8O3S/c1-40(38,39)23-22(17-10-19-6-7-20(11-17)35(19)27(37)25-30-13-31-34-25)33-26-21(12-32-36(26)24(23)29)15-3-2-14-4-5-18(28)9-16(14)8-15/h2-5,8-9,12-13,17,19-20H,6-7,10-11,29H2,1H3,(H,30,31,34)/t17?,19-,20+. The summed E-state index contributed by atoms with van der Waals surface area (Å²) in [6.07, 6.45) is 6.71. The van der Waals surface area contributed by atoms with Gasteiger partial charge in [0.1, 0.15) is 22.9 Å². The van der Waals surface area contributed by atoms with Crippen molar-refractivity contribution in [2.24, 2.45) is 0 Å². The number of hydrogen-bond acceptors (Lipinski definition) is 8. The molecule has 3 atom stereocenters. The van der Waals surface area contributed by atoms with E-state index in [1.54, 1.807) is 12.3 Å². The lowest BCUT2D eigenvalue weighted by Gasteiger charge is -2.38. The Morgan fingerprint density at radius 3 is 2.55 bits per heavy atom. The van der Waals surface area contributed by atoms with Gasteiger partial charge in [0.25, 0.3) is 5.91 Å². The number of halogens is 1. The second-order valence-corrected chi connectivity index (χ2v) is 12.5. The van der Waals surface area contributed by atoms with Gasteiger partial charge in [0.15, 0.2) is 15.5 Å². The van der Waals surface area contributed by atoms with Crippen LogP contribution in [0.2, 0.25) is 0 Å². The Labute approximate surface area is 228 Å². The molecule has 3 aromatic heterocycles. The number of piperidine rings is 1. The lowest BCUT2D eigenvalue weighted by atomic mass is 9.87. The third-order valence-corrected chi connectivity index (χ3v) is 9.28. The van der Waals surface area contributed by atoms with E-state index in [1.807, 2.05) is 23.1 Å². The number of benzene rings is 2. The number of nitrogen functional groups attached to an aromatic ring is 1. The predicted octanol–water partition coefficient (Wildman–Crippen LogP) is 3.34. The minimum atomic E-state index is -3.77. The molecule has 2 aromatic carbocycles. The average Bonchev–Trinajstić information content (AvgIpc) is 3.65. The molecule has 3 N–H and O–H groups in total. The van der Waals surface area contributed by atoms with Gasteiger partial charge in [-0.1, -0.05) is 18.2 Å². The largest absolute Gasteiger partial charge is 0.382 e. The Hall–Kier alpha value is -4.39. The molecule has 13 heteroatoms. The van der Waals surface area contributed by atoms with Gasteiger partial charge in [-0.2, -0.15) is 14.7 Å². The Balaban J connectivity index is 1.34. The molecule has 2 aliphatic heterocycles. The summed E-state index contributed by atoms with van der Waals surface area (Å²) in [5.74, 6) is -0.597. The number of amides is 1. The number of aromatic nitrogens is 6. The highest BCUT2D eigenvalue weighted by atomic mass is 32.2. The van der Waals surface area contributed by atoms with Crippen LogP contribution in [0.15, 0.2) is 53.8 Å². The molecule has 0 radical (unpaired) electrons. The van der Waals surface area contributed by atoms with E-state index in [2.05, 4.69) is 20.3 Å². The fourth-order valence-corrected chi connectivity index (χ4v) is 7.48. The maximum Gasteiger partial charge on any atom is 0.291 e. The molecule has 1 unspecified atom stereocenters. The average molecular weight is 561 g/mol. The van der Waals surface area contributed by atoms with Crippen molar-refractivity contribution in [3.8, 4) is 11.1 Å². The summed E-state index contributed by atoms with van der Waals surface area (Å²) in [6.45, 7) is 0. The van der Waals surface area contributed by atoms with Crippen LogP contribution in [0.3, 0.4) is 0 Å². The lowest BCUT2D eigenvalue weighted by Crippen LogP contribution is -2.46. The van der Waals surface area contributed by atoms with Gasteiger partial charge in [0.2, 0.25) is 5.82 Å². The molecule has 204 valence electrons. The molecule has 0 aliphatic carbocycles. The first-order chi connectivity index (χ1) is 19.2. The van der Waals surface area contributed by atoms with Gasteiger partial charge >= 0.3 is 0 Å². The summed E-state index contributed by atoms with van der Waals surface area (Å²) < 4.78 is 41.4. The summed E-state index contributed by atoms with van der Waals surface area (Å²) in [6, 6.07) is 10.0. The quantitative estimate of drug-likeness (QED) is 0.340. The van der Waals surface area contributed by atoms with Gasteiger partial charge in [0, 0.05) is 29.8 Å².